The number of amides is 1. The summed E-state index contributed by atoms with van der Waals surface area (Å²) in [6, 6.07) is 2.77. The maximum absolute atomic E-state index is 12.3. The van der Waals surface area contributed by atoms with Crippen molar-refractivity contribution in [2.75, 3.05) is 13.1 Å². The van der Waals surface area contributed by atoms with Gasteiger partial charge in [-0.25, -0.2) is 0 Å². The quantitative estimate of drug-likeness (QED) is 0.927. The number of hydrogen-bond acceptors (Lipinski definition) is 4. The number of carbonyl (C=O) groups excluding carboxylic acids is 1. The first-order valence-electron chi connectivity index (χ1n) is 7.56. The number of nitrogens with one attached hydrogen (secondary N) is 1. The van der Waals surface area contributed by atoms with Crippen molar-refractivity contribution in [3.63, 3.8) is 0 Å². The Kier molecular flexibility index (Phi) is 3.82. The van der Waals surface area contributed by atoms with Crippen molar-refractivity contribution in [3.8, 4) is 0 Å². The fraction of sp³-hybridized carbons (Fsp3) is 0.733. The molecule has 1 saturated carbocycles. The third kappa shape index (κ3) is 2.88. The Morgan fingerprint density at radius 3 is 2.80 bits per heavy atom. The summed E-state index contributed by atoms with van der Waals surface area (Å²) in [5, 5.41) is 3.17. The molecule has 2 atom stereocenters. The normalized spacial score (nSPS) is 27.2. The molecular formula is C15H23N3OS. The van der Waals surface area contributed by atoms with Gasteiger partial charge in [0.1, 0.15) is 5.69 Å². The Balaban J connectivity index is 1.60. The van der Waals surface area contributed by atoms with E-state index < -0.39 is 0 Å². The van der Waals surface area contributed by atoms with E-state index in [9.17, 15) is 4.79 Å². The van der Waals surface area contributed by atoms with Crippen LogP contribution in [0.3, 0.4) is 0 Å². The molecule has 0 spiro atoms. The molecule has 5 heteroatoms. The molecule has 1 aromatic rings. The molecule has 1 aliphatic heterocycles. The van der Waals surface area contributed by atoms with E-state index in [1.165, 1.54) is 29.3 Å². The summed E-state index contributed by atoms with van der Waals surface area (Å²) < 4.78 is 4.31. The fourth-order valence-corrected chi connectivity index (χ4v) is 3.70. The van der Waals surface area contributed by atoms with Crippen LogP contribution < -0.4 is 5.32 Å². The van der Waals surface area contributed by atoms with Gasteiger partial charge < -0.3 is 5.32 Å². The van der Waals surface area contributed by atoms with Crippen molar-refractivity contribution < 1.29 is 4.79 Å². The van der Waals surface area contributed by atoms with Crippen molar-refractivity contribution >= 4 is 17.4 Å². The molecule has 20 heavy (non-hydrogen) atoms. The van der Waals surface area contributed by atoms with Crippen LogP contribution in [0.1, 0.15) is 54.9 Å². The lowest BCUT2D eigenvalue weighted by Crippen LogP contribution is -2.40. The third-order valence-corrected chi connectivity index (χ3v) is 5.38. The largest absolute Gasteiger partial charge is 0.346 e. The number of hydrogen-bond donors (Lipinski definition) is 1. The van der Waals surface area contributed by atoms with Crippen LogP contribution in [0.4, 0.5) is 0 Å². The predicted molar refractivity (Wildman–Crippen MR) is 81.2 cm³/mol. The monoisotopic (exact) mass is 293 g/mol. The van der Waals surface area contributed by atoms with E-state index in [0.717, 1.165) is 13.1 Å². The third-order valence-electron chi connectivity index (χ3n) is 4.43. The number of likely N-dealkylation sites (tertiary alicyclic amines) is 1. The molecule has 110 valence electrons. The van der Waals surface area contributed by atoms with Crippen LogP contribution in [0.25, 0.3) is 0 Å². The van der Waals surface area contributed by atoms with Crippen molar-refractivity contribution in [1.29, 1.82) is 0 Å². The summed E-state index contributed by atoms with van der Waals surface area (Å²) in [7, 11) is 0. The minimum atomic E-state index is -0.00407. The smallest absolute Gasteiger partial charge is 0.271 e. The van der Waals surface area contributed by atoms with Gasteiger partial charge in [0.15, 0.2) is 0 Å². The summed E-state index contributed by atoms with van der Waals surface area (Å²) in [6.07, 6.45) is 2.51. The van der Waals surface area contributed by atoms with Crippen LogP contribution in [0.5, 0.6) is 0 Å². The molecule has 1 aromatic heterocycles. The molecule has 3 rings (SSSR count). The van der Waals surface area contributed by atoms with Gasteiger partial charge in [0.25, 0.3) is 5.91 Å². The summed E-state index contributed by atoms with van der Waals surface area (Å²) >= 11 is 1.49. The number of carbonyl (C=O) groups is 1. The van der Waals surface area contributed by atoms with Gasteiger partial charge in [0.2, 0.25) is 0 Å². The van der Waals surface area contributed by atoms with Gasteiger partial charge >= 0.3 is 0 Å². The van der Waals surface area contributed by atoms with Crippen LogP contribution in [-0.2, 0) is 0 Å². The zero-order valence-corrected chi connectivity index (χ0v) is 13.2. The molecule has 2 aliphatic rings. The molecule has 1 saturated heterocycles. The van der Waals surface area contributed by atoms with Crippen LogP contribution in [0.2, 0.25) is 0 Å². The maximum Gasteiger partial charge on any atom is 0.271 e. The van der Waals surface area contributed by atoms with E-state index >= 15 is 0 Å². The summed E-state index contributed by atoms with van der Waals surface area (Å²) in [6.45, 7) is 8.64. The van der Waals surface area contributed by atoms with Crippen molar-refractivity contribution in [3.05, 3.63) is 16.6 Å². The van der Waals surface area contributed by atoms with E-state index in [1.54, 1.807) is 0 Å². The molecule has 1 aliphatic carbocycles. The highest BCUT2D eigenvalue weighted by Crippen LogP contribution is 2.42. The van der Waals surface area contributed by atoms with Crippen LogP contribution in [0.15, 0.2) is 6.07 Å². The SMILES string of the molecule is CC(C)N1C[C@@H](C)[C@@H](NC(=O)c2cc(C3CC3)sn2)C1. The summed E-state index contributed by atoms with van der Waals surface area (Å²) in [5.41, 5.74) is 0.604. The zero-order chi connectivity index (χ0) is 14.3. The lowest BCUT2D eigenvalue weighted by molar-refractivity contribution is 0.0926. The van der Waals surface area contributed by atoms with Crippen molar-refractivity contribution in [1.82, 2.24) is 14.6 Å². The second-order valence-corrected chi connectivity index (χ2v) is 7.33. The van der Waals surface area contributed by atoms with E-state index in [4.69, 9.17) is 0 Å². The van der Waals surface area contributed by atoms with Gasteiger partial charge in [0, 0.05) is 30.1 Å². The second kappa shape index (κ2) is 5.45. The first kappa shape index (κ1) is 14.0. The van der Waals surface area contributed by atoms with Gasteiger partial charge in [-0.3, -0.25) is 9.69 Å². The van der Waals surface area contributed by atoms with Crippen LogP contribution >= 0.6 is 11.5 Å². The highest BCUT2D eigenvalue weighted by atomic mass is 32.1. The Hall–Kier alpha value is -0.940. The molecule has 0 bridgehead atoms. The van der Waals surface area contributed by atoms with E-state index in [-0.39, 0.29) is 11.9 Å². The number of nitrogens with zero attached hydrogens (tertiary/aromatic N) is 2. The van der Waals surface area contributed by atoms with Gasteiger partial charge in [-0.15, -0.1) is 0 Å². The zero-order valence-electron chi connectivity index (χ0n) is 12.4. The van der Waals surface area contributed by atoms with E-state index in [2.05, 4.69) is 35.4 Å². The van der Waals surface area contributed by atoms with Crippen LogP contribution in [-0.4, -0.2) is 40.4 Å². The molecule has 0 radical (unpaired) electrons. The lowest BCUT2D eigenvalue weighted by atomic mass is 10.1. The standard InChI is InChI=1S/C15H23N3OS/c1-9(2)18-7-10(3)13(8-18)16-15(19)12-6-14(20-17-12)11-4-5-11/h6,9-11,13H,4-5,7-8H2,1-3H3,(H,16,19)/t10-,13+/m1/s1. The van der Waals surface area contributed by atoms with Gasteiger partial charge in [-0.1, -0.05) is 6.92 Å². The topological polar surface area (TPSA) is 45.2 Å². The molecule has 0 aromatic carbocycles. The Bertz CT molecular complexity index is 495. The van der Waals surface area contributed by atoms with E-state index in [1.807, 2.05) is 6.07 Å². The molecule has 0 unspecified atom stereocenters. The summed E-state index contributed by atoms with van der Waals surface area (Å²) in [5.74, 6) is 1.18. The maximum atomic E-state index is 12.3. The Morgan fingerprint density at radius 2 is 2.20 bits per heavy atom. The Labute approximate surface area is 124 Å². The van der Waals surface area contributed by atoms with Crippen molar-refractivity contribution in [2.45, 2.75) is 51.6 Å². The molecule has 1 amide bonds. The van der Waals surface area contributed by atoms with Gasteiger partial charge in [-0.05, 0) is 56.1 Å². The lowest BCUT2D eigenvalue weighted by Gasteiger charge is -2.20. The predicted octanol–water partition coefficient (Wildman–Crippen LogP) is 2.48. The van der Waals surface area contributed by atoms with Gasteiger partial charge in [-0.2, -0.15) is 4.37 Å². The molecule has 4 nitrogen and oxygen atoms in total. The van der Waals surface area contributed by atoms with Gasteiger partial charge in [0.05, 0.1) is 0 Å². The molecule has 1 N–H and O–H groups in total. The molecule has 2 heterocycles. The second-order valence-electron chi connectivity index (χ2n) is 6.49. The minimum absolute atomic E-state index is 0.00407. The number of aromatic nitrogens is 1. The molecule has 2 fully saturated rings. The summed E-state index contributed by atoms with van der Waals surface area (Å²) in [4.78, 5) is 16.0. The highest BCUT2D eigenvalue weighted by Gasteiger charge is 2.33. The van der Waals surface area contributed by atoms with Crippen LogP contribution in [0, 0.1) is 5.92 Å². The first-order valence-corrected chi connectivity index (χ1v) is 8.33. The first-order chi connectivity index (χ1) is 9.54. The minimum Gasteiger partial charge on any atom is -0.346 e. The fourth-order valence-electron chi connectivity index (χ4n) is 2.81. The number of rotatable bonds is 4. The van der Waals surface area contributed by atoms with Crippen molar-refractivity contribution in [2.24, 2.45) is 5.92 Å². The Morgan fingerprint density at radius 1 is 1.45 bits per heavy atom. The highest BCUT2D eigenvalue weighted by molar-refractivity contribution is 7.06. The molecular weight excluding hydrogens is 270 g/mol. The average molecular weight is 293 g/mol. The average Bonchev–Trinajstić information content (AvgIpc) is 3.01. The van der Waals surface area contributed by atoms with E-state index in [0.29, 0.717) is 23.6 Å².